The van der Waals surface area contributed by atoms with Crippen LogP contribution in [0.4, 0.5) is 0 Å². The molecule has 7 heteroatoms. The number of hydrogen-bond acceptors (Lipinski definition) is 5. The number of nitrogens with zero attached hydrogens (tertiary/aromatic N) is 2. The maximum absolute atomic E-state index is 12.2. The number of hydrogen-bond donors (Lipinski definition) is 1. The van der Waals surface area contributed by atoms with Crippen LogP contribution < -0.4 is 4.72 Å². The first-order chi connectivity index (χ1) is 10.0. The molecule has 120 valence electrons. The molecule has 0 aromatic carbocycles. The van der Waals surface area contributed by atoms with Crippen molar-refractivity contribution in [2.45, 2.75) is 50.8 Å². The molecule has 0 unspecified atom stereocenters. The average molecular weight is 315 g/mol. The molecule has 21 heavy (non-hydrogen) atoms. The Bertz CT molecular complexity index is 526. The van der Waals surface area contributed by atoms with E-state index >= 15 is 0 Å². The van der Waals surface area contributed by atoms with E-state index in [1.165, 1.54) is 25.7 Å². The minimum absolute atomic E-state index is 0.178. The molecule has 1 saturated heterocycles. The molecule has 0 atom stereocenters. The summed E-state index contributed by atoms with van der Waals surface area (Å²) in [4.78, 5) is 2.61. The third-order valence-corrected chi connectivity index (χ3v) is 5.58. The fraction of sp³-hybridized carbons (Fsp3) is 0.786. The maximum atomic E-state index is 12.2. The molecule has 1 fully saturated rings. The second kappa shape index (κ2) is 7.38. The third-order valence-electron chi connectivity index (χ3n) is 3.88. The molecule has 0 amide bonds. The van der Waals surface area contributed by atoms with Gasteiger partial charge in [-0.1, -0.05) is 18.0 Å². The minimum Gasteiger partial charge on any atom is -0.360 e. The van der Waals surface area contributed by atoms with Gasteiger partial charge in [0.1, 0.15) is 10.6 Å². The first kappa shape index (κ1) is 16.5. The molecule has 1 N–H and O–H groups in total. The summed E-state index contributed by atoms with van der Waals surface area (Å²) >= 11 is 0. The lowest BCUT2D eigenvalue weighted by Gasteiger charge is -2.19. The fourth-order valence-corrected chi connectivity index (χ4v) is 4.20. The van der Waals surface area contributed by atoms with Crippen LogP contribution in [0.1, 0.15) is 43.6 Å². The Hall–Kier alpha value is -0.920. The summed E-state index contributed by atoms with van der Waals surface area (Å²) in [7, 11) is -3.51. The van der Waals surface area contributed by atoms with E-state index in [9.17, 15) is 8.42 Å². The van der Waals surface area contributed by atoms with E-state index in [1.54, 1.807) is 13.8 Å². The van der Waals surface area contributed by atoms with Gasteiger partial charge < -0.3 is 9.42 Å². The molecule has 0 spiro atoms. The lowest BCUT2D eigenvalue weighted by molar-refractivity contribution is 0.282. The van der Waals surface area contributed by atoms with Crippen LogP contribution in [0.25, 0.3) is 0 Å². The first-order valence-corrected chi connectivity index (χ1v) is 9.14. The Kier molecular flexibility index (Phi) is 5.78. The molecule has 6 nitrogen and oxygen atoms in total. The molecule has 0 saturated carbocycles. The normalized spacial score (nSPS) is 17.8. The zero-order valence-electron chi connectivity index (χ0n) is 12.9. The number of aryl methyl sites for hydroxylation is 2. The lowest BCUT2D eigenvalue weighted by atomic mass is 10.2. The number of nitrogens with one attached hydrogen (secondary N) is 1. The maximum Gasteiger partial charge on any atom is 0.245 e. The van der Waals surface area contributed by atoms with Crippen LogP contribution in [0.2, 0.25) is 0 Å². The average Bonchev–Trinajstić information content (AvgIpc) is 2.66. The number of aromatic nitrogens is 1. The zero-order valence-corrected chi connectivity index (χ0v) is 13.7. The fourth-order valence-electron chi connectivity index (χ4n) is 2.80. The van der Waals surface area contributed by atoms with Crippen LogP contribution in [0.3, 0.4) is 0 Å². The SMILES string of the molecule is Cc1noc(C)c1S(=O)(=O)NCCCN1CCCCCC1. The third kappa shape index (κ3) is 4.52. The van der Waals surface area contributed by atoms with Crippen LogP contribution in [0.15, 0.2) is 9.42 Å². The topological polar surface area (TPSA) is 75.4 Å². The molecular weight excluding hydrogens is 290 g/mol. The Morgan fingerprint density at radius 2 is 1.86 bits per heavy atom. The molecule has 1 aromatic rings. The van der Waals surface area contributed by atoms with E-state index in [0.29, 0.717) is 18.0 Å². The van der Waals surface area contributed by atoms with Gasteiger partial charge in [-0.3, -0.25) is 0 Å². The van der Waals surface area contributed by atoms with Gasteiger partial charge in [0, 0.05) is 6.54 Å². The Morgan fingerprint density at radius 3 is 2.43 bits per heavy atom. The second-order valence-electron chi connectivity index (χ2n) is 5.66. The molecule has 1 aliphatic rings. The predicted molar refractivity (Wildman–Crippen MR) is 80.7 cm³/mol. The van der Waals surface area contributed by atoms with Crippen LogP contribution in [0, 0.1) is 13.8 Å². The molecule has 1 aliphatic heterocycles. The second-order valence-corrected chi connectivity index (χ2v) is 7.36. The van der Waals surface area contributed by atoms with Crippen molar-refractivity contribution in [2.75, 3.05) is 26.2 Å². The Balaban J connectivity index is 1.80. The van der Waals surface area contributed by atoms with Crippen LogP contribution in [-0.2, 0) is 10.0 Å². The molecule has 0 bridgehead atoms. The summed E-state index contributed by atoms with van der Waals surface area (Å²) < 4.78 is 32.0. The van der Waals surface area contributed by atoms with Crippen molar-refractivity contribution in [3.05, 3.63) is 11.5 Å². The van der Waals surface area contributed by atoms with Crippen molar-refractivity contribution in [1.82, 2.24) is 14.8 Å². The molecule has 0 radical (unpaired) electrons. The van der Waals surface area contributed by atoms with Crippen LogP contribution in [0.5, 0.6) is 0 Å². The number of sulfonamides is 1. The van der Waals surface area contributed by atoms with Gasteiger partial charge in [-0.05, 0) is 52.7 Å². The highest BCUT2D eigenvalue weighted by Gasteiger charge is 2.23. The summed E-state index contributed by atoms with van der Waals surface area (Å²) in [6.07, 6.45) is 5.96. The van der Waals surface area contributed by atoms with E-state index in [0.717, 1.165) is 26.1 Å². The van der Waals surface area contributed by atoms with Gasteiger partial charge in [-0.25, -0.2) is 13.1 Å². The van der Waals surface area contributed by atoms with E-state index in [4.69, 9.17) is 4.52 Å². The molecule has 2 rings (SSSR count). The number of likely N-dealkylation sites (tertiary alicyclic amines) is 1. The van der Waals surface area contributed by atoms with Gasteiger partial charge in [-0.15, -0.1) is 0 Å². The van der Waals surface area contributed by atoms with Crippen molar-refractivity contribution >= 4 is 10.0 Å². The van der Waals surface area contributed by atoms with E-state index in [-0.39, 0.29) is 4.90 Å². The molecule has 0 aliphatic carbocycles. The predicted octanol–water partition coefficient (Wildman–Crippen LogP) is 1.84. The van der Waals surface area contributed by atoms with Gasteiger partial charge in [0.15, 0.2) is 5.76 Å². The quantitative estimate of drug-likeness (QED) is 0.811. The first-order valence-electron chi connectivity index (χ1n) is 7.65. The highest BCUT2D eigenvalue weighted by atomic mass is 32.2. The van der Waals surface area contributed by atoms with Crippen LogP contribution >= 0.6 is 0 Å². The summed E-state index contributed by atoms with van der Waals surface area (Å²) in [6, 6.07) is 0. The summed E-state index contributed by atoms with van der Waals surface area (Å²) in [5.74, 6) is 0.340. The van der Waals surface area contributed by atoms with Crippen molar-refractivity contribution < 1.29 is 12.9 Å². The smallest absolute Gasteiger partial charge is 0.245 e. The van der Waals surface area contributed by atoms with Gasteiger partial charge in [-0.2, -0.15) is 0 Å². The monoisotopic (exact) mass is 315 g/mol. The summed E-state index contributed by atoms with van der Waals surface area (Å²) in [5, 5.41) is 3.69. The van der Waals surface area contributed by atoms with Crippen molar-refractivity contribution in [3.8, 4) is 0 Å². The van der Waals surface area contributed by atoms with Gasteiger partial charge in [0.2, 0.25) is 10.0 Å². The van der Waals surface area contributed by atoms with E-state index in [2.05, 4.69) is 14.8 Å². The highest BCUT2D eigenvalue weighted by molar-refractivity contribution is 7.89. The molecular formula is C14H25N3O3S. The van der Waals surface area contributed by atoms with Crippen molar-refractivity contribution in [1.29, 1.82) is 0 Å². The largest absolute Gasteiger partial charge is 0.360 e. The minimum atomic E-state index is -3.51. The van der Waals surface area contributed by atoms with Gasteiger partial charge in [0.05, 0.1) is 0 Å². The summed E-state index contributed by atoms with van der Waals surface area (Å²) in [5.41, 5.74) is 0.410. The Labute approximate surface area is 126 Å². The standard InChI is InChI=1S/C14H25N3O3S/c1-12-14(13(2)20-16-12)21(18,19)15-8-7-11-17-9-5-3-4-6-10-17/h15H,3-11H2,1-2H3. The lowest BCUT2D eigenvalue weighted by Crippen LogP contribution is -2.31. The van der Waals surface area contributed by atoms with E-state index in [1.807, 2.05) is 0 Å². The molecule has 2 heterocycles. The zero-order chi connectivity index (χ0) is 15.3. The number of rotatable bonds is 6. The Morgan fingerprint density at radius 1 is 1.19 bits per heavy atom. The van der Waals surface area contributed by atoms with Gasteiger partial charge >= 0.3 is 0 Å². The van der Waals surface area contributed by atoms with E-state index < -0.39 is 10.0 Å². The summed E-state index contributed by atoms with van der Waals surface area (Å²) in [6.45, 7) is 6.92. The van der Waals surface area contributed by atoms with Crippen molar-refractivity contribution in [2.24, 2.45) is 0 Å². The van der Waals surface area contributed by atoms with Gasteiger partial charge in [0.25, 0.3) is 0 Å². The van der Waals surface area contributed by atoms with Crippen LogP contribution in [-0.4, -0.2) is 44.7 Å². The van der Waals surface area contributed by atoms with Crippen molar-refractivity contribution in [3.63, 3.8) is 0 Å². The molecule has 1 aromatic heterocycles. The highest BCUT2D eigenvalue weighted by Crippen LogP contribution is 2.18.